The molecule has 0 aromatic rings. The van der Waals surface area contributed by atoms with Crippen molar-refractivity contribution in [2.24, 2.45) is 17.6 Å². The Kier molecular flexibility index (Phi) is 7.30. The number of piperidine rings is 2. The molecule has 1 unspecified atom stereocenters. The lowest BCUT2D eigenvalue weighted by molar-refractivity contribution is -0.136. The van der Waals surface area contributed by atoms with Gasteiger partial charge >= 0.3 is 0 Å². The number of amides is 2. The van der Waals surface area contributed by atoms with E-state index in [9.17, 15) is 9.59 Å². The zero-order valence-corrected chi connectivity index (χ0v) is 14.4. The van der Waals surface area contributed by atoms with E-state index in [1.165, 1.54) is 12.8 Å². The zero-order valence-electron chi connectivity index (χ0n) is 14.4. The first kappa shape index (κ1) is 18.2. The normalized spacial score (nSPS) is 23.7. The van der Waals surface area contributed by atoms with Gasteiger partial charge in [0.2, 0.25) is 11.8 Å². The minimum atomic E-state index is -0.0671. The summed E-state index contributed by atoms with van der Waals surface area (Å²) in [6, 6.07) is 0. The fraction of sp³-hybridized carbons (Fsp3) is 0.882. The molecule has 2 heterocycles. The van der Waals surface area contributed by atoms with Gasteiger partial charge in [-0.25, -0.2) is 0 Å². The number of carbonyl (C=O) groups is 2. The summed E-state index contributed by atoms with van der Waals surface area (Å²) in [6.45, 7) is 4.63. The van der Waals surface area contributed by atoms with Crippen molar-refractivity contribution in [3.63, 3.8) is 0 Å². The number of hydrogen-bond acceptors (Lipinski definition) is 4. The summed E-state index contributed by atoms with van der Waals surface area (Å²) in [5, 5.41) is 2.84. The summed E-state index contributed by atoms with van der Waals surface area (Å²) in [4.78, 5) is 28.8. The molecule has 0 spiro atoms. The third-order valence-corrected chi connectivity index (χ3v) is 5.19. The van der Waals surface area contributed by atoms with Crippen LogP contribution in [-0.2, 0) is 9.59 Å². The highest BCUT2D eigenvalue weighted by Crippen LogP contribution is 2.23. The molecule has 3 N–H and O–H groups in total. The van der Waals surface area contributed by atoms with Crippen molar-refractivity contribution in [2.45, 2.75) is 38.5 Å². The standard InChI is InChI=1S/C17H32N4O2/c1-20-11-6-14(7-12-20)4-5-16(22)21-10-2-3-15(13-21)17(23)19-9-8-18/h14-15H,2-13,18H2,1H3,(H,19,23). The highest BCUT2D eigenvalue weighted by atomic mass is 16.2. The molecule has 0 saturated carbocycles. The summed E-state index contributed by atoms with van der Waals surface area (Å²) < 4.78 is 0. The molecule has 6 heteroatoms. The molecule has 0 aromatic heterocycles. The van der Waals surface area contributed by atoms with E-state index in [-0.39, 0.29) is 17.7 Å². The zero-order chi connectivity index (χ0) is 16.7. The van der Waals surface area contributed by atoms with Gasteiger partial charge in [0.15, 0.2) is 0 Å². The van der Waals surface area contributed by atoms with Crippen molar-refractivity contribution < 1.29 is 9.59 Å². The number of carbonyl (C=O) groups excluding carboxylic acids is 2. The molecule has 0 aliphatic carbocycles. The molecule has 2 saturated heterocycles. The lowest BCUT2D eigenvalue weighted by Gasteiger charge is -2.33. The van der Waals surface area contributed by atoms with E-state index in [1.807, 2.05) is 4.90 Å². The topological polar surface area (TPSA) is 78.7 Å². The Labute approximate surface area is 139 Å². The van der Waals surface area contributed by atoms with Crippen molar-refractivity contribution in [3.05, 3.63) is 0 Å². The van der Waals surface area contributed by atoms with Crippen LogP contribution in [0.25, 0.3) is 0 Å². The van der Waals surface area contributed by atoms with Crippen molar-refractivity contribution in [1.82, 2.24) is 15.1 Å². The molecule has 0 aromatic carbocycles. The molecule has 6 nitrogen and oxygen atoms in total. The van der Waals surface area contributed by atoms with Crippen LogP contribution < -0.4 is 11.1 Å². The highest BCUT2D eigenvalue weighted by molar-refractivity contribution is 5.81. The molecule has 2 aliphatic heterocycles. The van der Waals surface area contributed by atoms with Crippen molar-refractivity contribution >= 4 is 11.8 Å². The van der Waals surface area contributed by atoms with E-state index < -0.39 is 0 Å². The van der Waals surface area contributed by atoms with Crippen LogP contribution in [0, 0.1) is 11.8 Å². The van der Waals surface area contributed by atoms with Crippen molar-refractivity contribution in [3.8, 4) is 0 Å². The maximum Gasteiger partial charge on any atom is 0.224 e. The van der Waals surface area contributed by atoms with Gasteiger partial charge in [0.05, 0.1) is 5.92 Å². The number of nitrogens with one attached hydrogen (secondary N) is 1. The largest absolute Gasteiger partial charge is 0.355 e. The van der Waals surface area contributed by atoms with Gasteiger partial charge in [-0.3, -0.25) is 9.59 Å². The van der Waals surface area contributed by atoms with Gasteiger partial charge in [-0.1, -0.05) is 0 Å². The molecule has 0 bridgehead atoms. The second-order valence-electron chi connectivity index (χ2n) is 7.04. The Bertz CT molecular complexity index is 394. The van der Waals surface area contributed by atoms with Crippen LogP contribution in [-0.4, -0.2) is 67.9 Å². The predicted molar refractivity (Wildman–Crippen MR) is 90.8 cm³/mol. The van der Waals surface area contributed by atoms with Crippen LogP contribution in [0.4, 0.5) is 0 Å². The van der Waals surface area contributed by atoms with Gasteiger partial charge in [0.25, 0.3) is 0 Å². The first-order valence-electron chi connectivity index (χ1n) is 9.04. The number of hydrogen-bond donors (Lipinski definition) is 2. The van der Waals surface area contributed by atoms with Crippen LogP contribution in [0.2, 0.25) is 0 Å². The number of nitrogens with zero attached hydrogens (tertiary/aromatic N) is 2. The van der Waals surface area contributed by atoms with E-state index in [0.717, 1.165) is 38.9 Å². The van der Waals surface area contributed by atoms with Gasteiger partial charge in [0.1, 0.15) is 0 Å². The number of nitrogens with two attached hydrogens (primary N) is 1. The summed E-state index contributed by atoms with van der Waals surface area (Å²) in [7, 11) is 2.16. The second-order valence-corrected chi connectivity index (χ2v) is 7.04. The molecular weight excluding hydrogens is 292 g/mol. The monoisotopic (exact) mass is 324 g/mol. The molecule has 132 valence electrons. The minimum Gasteiger partial charge on any atom is -0.355 e. The molecule has 2 fully saturated rings. The Hall–Kier alpha value is -1.14. The summed E-state index contributed by atoms with van der Waals surface area (Å²) in [5.41, 5.74) is 5.42. The van der Waals surface area contributed by atoms with Gasteiger partial charge in [-0.15, -0.1) is 0 Å². The summed E-state index contributed by atoms with van der Waals surface area (Å²) in [5.74, 6) is 0.884. The van der Waals surface area contributed by atoms with Crippen LogP contribution in [0.5, 0.6) is 0 Å². The Morgan fingerprint density at radius 3 is 2.61 bits per heavy atom. The Balaban J connectivity index is 1.72. The molecular formula is C17H32N4O2. The quantitative estimate of drug-likeness (QED) is 0.742. The SMILES string of the molecule is CN1CCC(CCC(=O)N2CCCC(C(=O)NCCN)C2)CC1. The molecule has 1 atom stereocenters. The average Bonchev–Trinajstić information content (AvgIpc) is 2.59. The fourth-order valence-corrected chi connectivity index (χ4v) is 3.59. The van der Waals surface area contributed by atoms with Gasteiger partial charge < -0.3 is 20.9 Å². The van der Waals surface area contributed by atoms with Crippen LogP contribution in [0.3, 0.4) is 0 Å². The number of rotatable bonds is 6. The van der Waals surface area contributed by atoms with Crippen LogP contribution in [0.15, 0.2) is 0 Å². The maximum atomic E-state index is 12.5. The van der Waals surface area contributed by atoms with Crippen LogP contribution in [0.1, 0.15) is 38.5 Å². The Morgan fingerprint density at radius 1 is 1.17 bits per heavy atom. The lowest BCUT2D eigenvalue weighted by atomic mass is 9.91. The van der Waals surface area contributed by atoms with E-state index in [4.69, 9.17) is 5.73 Å². The van der Waals surface area contributed by atoms with Gasteiger partial charge in [-0.05, 0) is 58.2 Å². The molecule has 0 radical (unpaired) electrons. The van der Waals surface area contributed by atoms with Crippen molar-refractivity contribution in [1.29, 1.82) is 0 Å². The van der Waals surface area contributed by atoms with E-state index in [1.54, 1.807) is 0 Å². The number of likely N-dealkylation sites (tertiary alicyclic amines) is 2. The predicted octanol–water partition coefficient (Wildman–Crippen LogP) is 0.422. The van der Waals surface area contributed by atoms with Gasteiger partial charge in [0, 0.05) is 32.6 Å². The molecule has 23 heavy (non-hydrogen) atoms. The summed E-state index contributed by atoms with van der Waals surface area (Å²) in [6.07, 6.45) is 5.82. The third-order valence-electron chi connectivity index (χ3n) is 5.19. The fourth-order valence-electron chi connectivity index (χ4n) is 3.59. The maximum absolute atomic E-state index is 12.5. The second kappa shape index (κ2) is 9.23. The van der Waals surface area contributed by atoms with Gasteiger partial charge in [-0.2, -0.15) is 0 Å². The first-order valence-corrected chi connectivity index (χ1v) is 9.04. The average molecular weight is 324 g/mol. The highest BCUT2D eigenvalue weighted by Gasteiger charge is 2.28. The van der Waals surface area contributed by atoms with E-state index in [2.05, 4.69) is 17.3 Å². The first-order chi connectivity index (χ1) is 11.1. The molecule has 2 rings (SSSR count). The minimum absolute atomic E-state index is 0.0447. The molecule has 2 aliphatic rings. The smallest absolute Gasteiger partial charge is 0.224 e. The van der Waals surface area contributed by atoms with E-state index in [0.29, 0.717) is 32.0 Å². The summed E-state index contributed by atoms with van der Waals surface area (Å²) >= 11 is 0. The third kappa shape index (κ3) is 5.77. The van der Waals surface area contributed by atoms with Crippen molar-refractivity contribution in [2.75, 3.05) is 46.3 Å². The van der Waals surface area contributed by atoms with Crippen LogP contribution >= 0.6 is 0 Å². The Morgan fingerprint density at radius 2 is 1.91 bits per heavy atom. The van der Waals surface area contributed by atoms with E-state index >= 15 is 0 Å². The molecule has 2 amide bonds. The lowest BCUT2D eigenvalue weighted by Crippen LogP contribution is -2.46.